The summed E-state index contributed by atoms with van der Waals surface area (Å²) < 4.78 is 25.6. The van der Waals surface area contributed by atoms with Gasteiger partial charge < -0.3 is 0 Å². The van der Waals surface area contributed by atoms with Gasteiger partial charge in [0.05, 0.1) is 5.75 Å². The maximum Gasteiger partial charge on any atom is 0.233 e. The lowest BCUT2D eigenvalue weighted by molar-refractivity contribution is 0.602. The normalized spacial score (nSPS) is 16.7. The van der Waals surface area contributed by atoms with Crippen molar-refractivity contribution in [1.82, 2.24) is 0 Å². The van der Waals surface area contributed by atoms with Gasteiger partial charge in [-0.25, -0.2) is 8.42 Å². The number of hydrogen-bond donors (Lipinski definition) is 1. The highest BCUT2D eigenvalue weighted by atomic mass is 35.5. The lowest BCUT2D eigenvalue weighted by atomic mass is 10.3. The Kier molecular flexibility index (Phi) is 5.42. The van der Waals surface area contributed by atoms with Gasteiger partial charge in [-0.1, -0.05) is 12.8 Å². The molecule has 0 bridgehead atoms. The Morgan fingerprint density at radius 2 is 1.84 bits per heavy atom. The van der Waals surface area contributed by atoms with E-state index in [1.54, 1.807) is 0 Å². The number of rotatable bonds is 6. The predicted octanol–water partition coefficient (Wildman–Crippen LogP) is 3.70. The van der Waals surface area contributed by atoms with Crippen molar-refractivity contribution in [1.29, 1.82) is 0 Å². The highest BCUT2D eigenvalue weighted by Gasteiger charge is 2.16. The fourth-order valence-electron chi connectivity index (χ4n) is 2.13. The van der Waals surface area contributed by atoms with Crippen LogP contribution < -0.4 is 4.72 Å². The first kappa shape index (κ1) is 15.0. The average Bonchev–Trinajstić information content (AvgIpc) is 2.84. The molecule has 1 fully saturated rings. The van der Waals surface area contributed by atoms with Crippen LogP contribution in [0.4, 0.5) is 5.69 Å². The van der Waals surface area contributed by atoms with Gasteiger partial charge in [-0.3, -0.25) is 4.72 Å². The smallest absolute Gasteiger partial charge is 0.233 e. The number of alkyl halides is 1. The van der Waals surface area contributed by atoms with Crippen LogP contribution in [0.2, 0.25) is 0 Å². The summed E-state index contributed by atoms with van der Waals surface area (Å²) in [5.41, 5.74) is 0.598. The van der Waals surface area contributed by atoms with Crippen LogP contribution in [-0.2, 0) is 10.0 Å². The van der Waals surface area contributed by atoms with Gasteiger partial charge in [0.2, 0.25) is 10.0 Å². The van der Waals surface area contributed by atoms with Crippen LogP contribution in [0.15, 0.2) is 29.2 Å². The van der Waals surface area contributed by atoms with Gasteiger partial charge in [-0.2, -0.15) is 0 Å². The van der Waals surface area contributed by atoms with Crippen molar-refractivity contribution in [3.05, 3.63) is 24.3 Å². The second kappa shape index (κ2) is 6.86. The van der Waals surface area contributed by atoms with Gasteiger partial charge in [0.15, 0.2) is 0 Å². The first-order valence-corrected chi connectivity index (χ1v) is 9.49. The van der Waals surface area contributed by atoms with Gasteiger partial charge in [0.1, 0.15) is 0 Å². The molecule has 0 aliphatic heterocycles. The van der Waals surface area contributed by atoms with E-state index in [1.165, 1.54) is 30.6 Å². The van der Waals surface area contributed by atoms with Gasteiger partial charge in [-0.05, 0) is 37.1 Å². The Morgan fingerprint density at radius 1 is 1.21 bits per heavy atom. The standard InChI is InChI=1S/C13H18ClNO2S2/c14-9-10-19(16,17)15-11-5-7-13(8-6-11)18-12-3-1-2-4-12/h5-8,12,15H,1-4,9-10H2. The molecule has 19 heavy (non-hydrogen) atoms. The minimum atomic E-state index is -3.31. The average molecular weight is 320 g/mol. The van der Waals surface area contributed by atoms with Crippen LogP contribution in [0.25, 0.3) is 0 Å². The summed E-state index contributed by atoms with van der Waals surface area (Å²) in [5.74, 6) is 0.0398. The summed E-state index contributed by atoms with van der Waals surface area (Å²) in [4.78, 5) is 1.20. The number of anilines is 1. The van der Waals surface area contributed by atoms with E-state index in [0.717, 1.165) is 5.25 Å². The molecule has 106 valence electrons. The van der Waals surface area contributed by atoms with Gasteiger partial charge in [0.25, 0.3) is 0 Å². The molecule has 1 aliphatic carbocycles. The van der Waals surface area contributed by atoms with Gasteiger partial charge in [0, 0.05) is 21.7 Å². The molecule has 3 nitrogen and oxygen atoms in total. The largest absolute Gasteiger partial charge is 0.284 e. The Morgan fingerprint density at radius 3 is 2.42 bits per heavy atom. The third-order valence-corrected chi connectivity index (χ3v) is 6.13. The zero-order valence-electron chi connectivity index (χ0n) is 10.6. The zero-order valence-corrected chi connectivity index (χ0v) is 13.0. The van der Waals surface area contributed by atoms with Crippen molar-refractivity contribution in [3.8, 4) is 0 Å². The Bertz CT molecular complexity index is 496. The molecule has 0 atom stereocenters. The molecule has 2 rings (SSSR count). The van der Waals surface area contributed by atoms with E-state index >= 15 is 0 Å². The molecule has 0 amide bonds. The first-order chi connectivity index (χ1) is 9.09. The Labute approximate surface area is 124 Å². The molecule has 1 N–H and O–H groups in total. The molecule has 1 saturated carbocycles. The van der Waals surface area contributed by atoms with Crippen LogP contribution in [0.5, 0.6) is 0 Å². The van der Waals surface area contributed by atoms with Crippen molar-refractivity contribution in [2.45, 2.75) is 35.8 Å². The van der Waals surface area contributed by atoms with E-state index in [1.807, 2.05) is 36.0 Å². The molecular formula is C13H18ClNO2S2. The minimum Gasteiger partial charge on any atom is -0.284 e. The van der Waals surface area contributed by atoms with Crippen molar-refractivity contribution < 1.29 is 8.42 Å². The summed E-state index contributed by atoms with van der Waals surface area (Å²) in [5, 5.41) is 0.721. The van der Waals surface area contributed by atoms with E-state index in [2.05, 4.69) is 4.72 Å². The van der Waals surface area contributed by atoms with Crippen molar-refractivity contribution in [2.24, 2.45) is 0 Å². The number of hydrogen-bond acceptors (Lipinski definition) is 3. The fourth-order valence-corrected chi connectivity index (χ4v) is 4.79. The number of nitrogens with one attached hydrogen (secondary N) is 1. The van der Waals surface area contributed by atoms with Crippen molar-refractivity contribution in [2.75, 3.05) is 16.4 Å². The van der Waals surface area contributed by atoms with E-state index in [0.29, 0.717) is 5.69 Å². The van der Waals surface area contributed by atoms with Crippen LogP contribution >= 0.6 is 23.4 Å². The molecule has 6 heteroatoms. The summed E-state index contributed by atoms with van der Waals surface area (Å²) in [6, 6.07) is 7.56. The monoisotopic (exact) mass is 319 g/mol. The molecule has 1 aliphatic rings. The summed E-state index contributed by atoms with van der Waals surface area (Å²) in [6.07, 6.45) is 5.23. The summed E-state index contributed by atoms with van der Waals surface area (Å²) in [7, 11) is -3.31. The third kappa shape index (κ3) is 4.89. The van der Waals surface area contributed by atoms with E-state index in [9.17, 15) is 8.42 Å². The lowest BCUT2D eigenvalue weighted by Crippen LogP contribution is -2.17. The molecule has 1 aromatic rings. The van der Waals surface area contributed by atoms with E-state index < -0.39 is 10.0 Å². The van der Waals surface area contributed by atoms with E-state index in [4.69, 9.17) is 11.6 Å². The Hall–Kier alpha value is -0.390. The number of sulfonamides is 1. The van der Waals surface area contributed by atoms with Crippen LogP contribution in [-0.4, -0.2) is 25.3 Å². The summed E-state index contributed by atoms with van der Waals surface area (Å²) in [6.45, 7) is 0. The van der Waals surface area contributed by atoms with Crippen LogP contribution in [0.3, 0.4) is 0 Å². The molecule has 0 heterocycles. The molecular weight excluding hydrogens is 302 g/mol. The second-order valence-corrected chi connectivity index (χ2v) is 8.25. The molecule has 1 aromatic carbocycles. The first-order valence-electron chi connectivity index (χ1n) is 6.42. The molecule has 0 spiro atoms. The van der Waals surface area contributed by atoms with E-state index in [-0.39, 0.29) is 11.6 Å². The number of halogens is 1. The second-order valence-electron chi connectivity index (χ2n) is 4.66. The lowest BCUT2D eigenvalue weighted by Gasteiger charge is -2.10. The minimum absolute atomic E-state index is 0.0624. The topological polar surface area (TPSA) is 46.2 Å². The SMILES string of the molecule is O=S(=O)(CCCl)Nc1ccc(SC2CCCC2)cc1. The molecule has 0 aromatic heterocycles. The predicted molar refractivity (Wildman–Crippen MR) is 82.7 cm³/mol. The summed E-state index contributed by atoms with van der Waals surface area (Å²) >= 11 is 7.34. The maximum absolute atomic E-state index is 11.6. The molecule has 0 radical (unpaired) electrons. The van der Waals surface area contributed by atoms with Gasteiger partial charge in [-0.15, -0.1) is 23.4 Å². The molecule has 0 saturated heterocycles. The number of benzene rings is 1. The van der Waals surface area contributed by atoms with Crippen LogP contribution in [0.1, 0.15) is 25.7 Å². The Balaban J connectivity index is 1.94. The maximum atomic E-state index is 11.6. The highest BCUT2D eigenvalue weighted by Crippen LogP contribution is 2.34. The van der Waals surface area contributed by atoms with Crippen molar-refractivity contribution >= 4 is 39.1 Å². The van der Waals surface area contributed by atoms with Crippen LogP contribution in [0, 0.1) is 0 Å². The third-order valence-electron chi connectivity index (χ3n) is 3.08. The zero-order chi connectivity index (χ0) is 13.7. The van der Waals surface area contributed by atoms with Crippen molar-refractivity contribution in [3.63, 3.8) is 0 Å². The highest BCUT2D eigenvalue weighted by molar-refractivity contribution is 8.00. The van der Waals surface area contributed by atoms with Gasteiger partial charge >= 0.3 is 0 Å². The molecule has 0 unspecified atom stereocenters. The number of thioether (sulfide) groups is 1. The quantitative estimate of drug-likeness (QED) is 0.813. The fraction of sp³-hybridized carbons (Fsp3) is 0.538.